The summed E-state index contributed by atoms with van der Waals surface area (Å²) in [6.07, 6.45) is 0. The predicted molar refractivity (Wildman–Crippen MR) is 64.9 cm³/mol. The van der Waals surface area contributed by atoms with E-state index in [0.29, 0.717) is 4.34 Å². The second-order valence-corrected chi connectivity index (χ2v) is 5.15. The first-order chi connectivity index (χ1) is 8.11. The largest absolute Gasteiger partial charge is 0.271 e. The topological polar surface area (TPSA) is 38.0 Å². The molecule has 0 bridgehead atoms. The van der Waals surface area contributed by atoms with Crippen molar-refractivity contribution in [2.75, 3.05) is 0 Å². The van der Waals surface area contributed by atoms with E-state index in [1.807, 2.05) is 0 Å². The van der Waals surface area contributed by atoms with Gasteiger partial charge in [-0.05, 0) is 18.2 Å². The van der Waals surface area contributed by atoms with Gasteiger partial charge in [0.1, 0.15) is 11.6 Å². The third-order valence-corrected chi connectivity index (χ3v) is 3.61. The molecule has 1 unspecified atom stereocenters. The summed E-state index contributed by atoms with van der Waals surface area (Å²) < 4.78 is 27.0. The Morgan fingerprint density at radius 3 is 2.53 bits per heavy atom. The van der Waals surface area contributed by atoms with Gasteiger partial charge in [-0.15, -0.1) is 11.3 Å². The molecule has 90 valence electrons. The number of benzene rings is 1. The van der Waals surface area contributed by atoms with E-state index in [-0.39, 0.29) is 5.56 Å². The molecule has 0 aliphatic carbocycles. The van der Waals surface area contributed by atoms with Crippen molar-refractivity contribution in [3.8, 4) is 0 Å². The molecule has 0 saturated heterocycles. The average molecular weight is 275 g/mol. The van der Waals surface area contributed by atoms with Crippen LogP contribution in [0.15, 0.2) is 30.3 Å². The fourth-order valence-corrected chi connectivity index (χ4v) is 2.68. The second kappa shape index (κ2) is 5.10. The first-order valence-electron chi connectivity index (χ1n) is 4.78. The average Bonchev–Trinajstić information content (AvgIpc) is 2.69. The van der Waals surface area contributed by atoms with Gasteiger partial charge < -0.3 is 0 Å². The summed E-state index contributed by atoms with van der Waals surface area (Å²) in [6, 6.07) is 6.30. The van der Waals surface area contributed by atoms with Crippen molar-refractivity contribution in [2.45, 2.75) is 6.04 Å². The molecule has 0 saturated carbocycles. The van der Waals surface area contributed by atoms with E-state index < -0.39 is 17.7 Å². The number of rotatable bonds is 3. The van der Waals surface area contributed by atoms with Gasteiger partial charge in [-0.25, -0.2) is 14.2 Å². The lowest BCUT2D eigenvalue weighted by atomic mass is 10.1. The van der Waals surface area contributed by atoms with Crippen LogP contribution < -0.4 is 11.3 Å². The zero-order valence-corrected chi connectivity index (χ0v) is 10.2. The number of halogens is 3. The van der Waals surface area contributed by atoms with E-state index >= 15 is 0 Å². The van der Waals surface area contributed by atoms with Crippen molar-refractivity contribution in [1.82, 2.24) is 5.43 Å². The van der Waals surface area contributed by atoms with Crippen LogP contribution in [0.3, 0.4) is 0 Å². The van der Waals surface area contributed by atoms with Crippen LogP contribution in [0.1, 0.15) is 16.5 Å². The number of thiophene rings is 1. The summed E-state index contributed by atoms with van der Waals surface area (Å²) in [5.41, 5.74) is 2.78. The molecule has 6 heteroatoms. The van der Waals surface area contributed by atoms with E-state index in [1.54, 1.807) is 12.1 Å². The maximum atomic E-state index is 13.6. The fraction of sp³-hybridized carbons (Fsp3) is 0.0909. The Hall–Kier alpha value is -1.01. The maximum absolute atomic E-state index is 13.6. The summed E-state index contributed by atoms with van der Waals surface area (Å²) in [6.45, 7) is 0. The van der Waals surface area contributed by atoms with Gasteiger partial charge in [0.15, 0.2) is 0 Å². The summed E-state index contributed by atoms with van der Waals surface area (Å²) >= 11 is 7.10. The monoisotopic (exact) mass is 274 g/mol. The van der Waals surface area contributed by atoms with Crippen LogP contribution in [-0.4, -0.2) is 0 Å². The summed E-state index contributed by atoms with van der Waals surface area (Å²) in [7, 11) is 0. The minimum absolute atomic E-state index is 0.285. The van der Waals surface area contributed by atoms with Crippen LogP contribution in [0.5, 0.6) is 0 Å². The summed E-state index contributed by atoms with van der Waals surface area (Å²) in [4.78, 5) is 0.767. The van der Waals surface area contributed by atoms with Gasteiger partial charge in [0.25, 0.3) is 0 Å². The number of hydrogen-bond donors (Lipinski definition) is 2. The molecule has 1 aromatic carbocycles. The summed E-state index contributed by atoms with van der Waals surface area (Å²) in [5, 5.41) is 0. The molecule has 0 spiro atoms. The Balaban J connectivity index is 2.42. The first-order valence-corrected chi connectivity index (χ1v) is 5.97. The Kier molecular flexibility index (Phi) is 3.73. The molecule has 1 heterocycles. The number of hydrogen-bond acceptors (Lipinski definition) is 3. The number of nitrogens with one attached hydrogen (secondary N) is 1. The van der Waals surface area contributed by atoms with Gasteiger partial charge >= 0.3 is 0 Å². The van der Waals surface area contributed by atoms with Gasteiger partial charge in [-0.2, -0.15) is 0 Å². The molecule has 17 heavy (non-hydrogen) atoms. The van der Waals surface area contributed by atoms with Crippen molar-refractivity contribution in [1.29, 1.82) is 0 Å². The predicted octanol–water partition coefficient (Wildman–Crippen LogP) is 3.23. The Labute approximate surface area is 106 Å². The number of hydrazine groups is 1. The van der Waals surface area contributed by atoms with Crippen molar-refractivity contribution >= 4 is 22.9 Å². The van der Waals surface area contributed by atoms with Crippen LogP contribution in [0, 0.1) is 11.6 Å². The lowest BCUT2D eigenvalue weighted by Gasteiger charge is -2.15. The van der Waals surface area contributed by atoms with E-state index in [1.165, 1.54) is 23.5 Å². The van der Waals surface area contributed by atoms with Gasteiger partial charge in [-0.1, -0.05) is 17.7 Å². The van der Waals surface area contributed by atoms with Gasteiger partial charge in [-0.3, -0.25) is 5.84 Å². The minimum atomic E-state index is -0.641. The lowest BCUT2D eigenvalue weighted by molar-refractivity contribution is 0.544. The van der Waals surface area contributed by atoms with Crippen LogP contribution in [0.4, 0.5) is 8.78 Å². The second-order valence-electron chi connectivity index (χ2n) is 3.41. The van der Waals surface area contributed by atoms with Gasteiger partial charge in [0, 0.05) is 16.5 Å². The molecular formula is C11H9ClF2N2S. The van der Waals surface area contributed by atoms with E-state index in [0.717, 1.165) is 10.9 Å². The third kappa shape index (κ3) is 2.63. The normalized spacial score (nSPS) is 12.7. The van der Waals surface area contributed by atoms with Crippen LogP contribution in [0.2, 0.25) is 4.34 Å². The van der Waals surface area contributed by atoms with Crippen molar-refractivity contribution in [3.05, 3.63) is 56.7 Å². The smallest absolute Gasteiger partial charge is 0.131 e. The highest BCUT2D eigenvalue weighted by Crippen LogP contribution is 2.31. The van der Waals surface area contributed by atoms with Crippen LogP contribution in [0.25, 0.3) is 0 Å². The molecule has 2 rings (SSSR count). The quantitative estimate of drug-likeness (QED) is 0.666. The van der Waals surface area contributed by atoms with E-state index in [9.17, 15) is 8.78 Å². The maximum Gasteiger partial charge on any atom is 0.131 e. The fourth-order valence-electron chi connectivity index (χ4n) is 1.54. The standard InChI is InChI=1S/C11H9ClF2N2S/c12-10-4-3-9(17-10)11(16-15)7-2-1-6(13)5-8(7)14/h1-5,11,16H,15H2. The Morgan fingerprint density at radius 2 is 2.00 bits per heavy atom. The zero-order valence-electron chi connectivity index (χ0n) is 8.58. The van der Waals surface area contributed by atoms with Crippen molar-refractivity contribution in [2.24, 2.45) is 5.84 Å². The molecule has 1 aromatic heterocycles. The van der Waals surface area contributed by atoms with Crippen LogP contribution >= 0.6 is 22.9 Å². The zero-order chi connectivity index (χ0) is 12.4. The Morgan fingerprint density at radius 1 is 1.24 bits per heavy atom. The molecule has 0 radical (unpaired) electrons. The molecular weight excluding hydrogens is 266 g/mol. The SMILES string of the molecule is NNC(c1ccc(Cl)s1)c1ccc(F)cc1F. The highest BCUT2D eigenvalue weighted by Gasteiger charge is 2.18. The first kappa shape index (κ1) is 12.4. The Bertz CT molecular complexity index is 530. The molecule has 0 aliphatic rings. The highest BCUT2D eigenvalue weighted by atomic mass is 35.5. The lowest BCUT2D eigenvalue weighted by Crippen LogP contribution is -2.28. The molecule has 2 aromatic rings. The number of nitrogens with two attached hydrogens (primary N) is 1. The third-order valence-electron chi connectivity index (χ3n) is 2.32. The van der Waals surface area contributed by atoms with E-state index in [4.69, 9.17) is 17.4 Å². The molecule has 0 amide bonds. The molecule has 2 nitrogen and oxygen atoms in total. The van der Waals surface area contributed by atoms with Crippen molar-refractivity contribution in [3.63, 3.8) is 0 Å². The molecule has 0 fully saturated rings. The van der Waals surface area contributed by atoms with Crippen LogP contribution in [-0.2, 0) is 0 Å². The van der Waals surface area contributed by atoms with Gasteiger partial charge in [0.05, 0.1) is 10.4 Å². The molecule has 3 N–H and O–H groups in total. The highest BCUT2D eigenvalue weighted by molar-refractivity contribution is 7.16. The summed E-state index contributed by atoms with van der Waals surface area (Å²) in [5.74, 6) is 4.15. The van der Waals surface area contributed by atoms with Gasteiger partial charge in [0.2, 0.25) is 0 Å². The molecule has 0 aliphatic heterocycles. The minimum Gasteiger partial charge on any atom is -0.271 e. The van der Waals surface area contributed by atoms with E-state index in [2.05, 4.69) is 5.43 Å². The molecule has 1 atom stereocenters. The van der Waals surface area contributed by atoms with Crippen molar-refractivity contribution < 1.29 is 8.78 Å².